The number of rotatable bonds is 3. The van der Waals surface area contributed by atoms with E-state index >= 15 is 0 Å². The van der Waals surface area contributed by atoms with Gasteiger partial charge in [0, 0.05) is 12.6 Å². The van der Waals surface area contributed by atoms with Crippen LogP contribution in [0.25, 0.3) is 0 Å². The summed E-state index contributed by atoms with van der Waals surface area (Å²) in [4.78, 5) is 11.2. The molecule has 2 atom stereocenters. The van der Waals surface area contributed by atoms with Crippen molar-refractivity contribution in [1.29, 1.82) is 0 Å². The van der Waals surface area contributed by atoms with E-state index in [0.717, 1.165) is 24.9 Å². The van der Waals surface area contributed by atoms with Crippen molar-refractivity contribution in [2.45, 2.75) is 51.2 Å². The molecular weight excluding hydrogens is 226 g/mol. The highest BCUT2D eigenvalue weighted by Crippen LogP contribution is 2.24. The summed E-state index contributed by atoms with van der Waals surface area (Å²) in [7, 11) is 0. The van der Waals surface area contributed by atoms with Gasteiger partial charge in [0.2, 0.25) is 0 Å². The summed E-state index contributed by atoms with van der Waals surface area (Å²) in [6.07, 6.45) is 5.60. The normalized spacial score (nSPS) is 24.1. The quantitative estimate of drug-likeness (QED) is 0.657. The predicted octanol–water partition coefficient (Wildman–Crippen LogP) is 3.36. The van der Waals surface area contributed by atoms with Gasteiger partial charge in [0.15, 0.2) is 0 Å². The predicted molar refractivity (Wildman–Crippen MR) is 72.5 cm³/mol. The molecule has 3 heteroatoms. The molecule has 18 heavy (non-hydrogen) atoms. The first-order valence-corrected chi connectivity index (χ1v) is 6.74. The van der Waals surface area contributed by atoms with Crippen LogP contribution in [0.4, 0.5) is 5.69 Å². The third kappa shape index (κ3) is 3.76. The van der Waals surface area contributed by atoms with Gasteiger partial charge < -0.3 is 10.1 Å². The molecule has 0 amide bonds. The van der Waals surface area contributed by atoms with Gasteiger partial charge in [-0.3, -0.25) is 4.79 Å². The first-order chi connectivity index (χ1) is 8.75. The Morgan fingerprint density at radius 2 is 1.89 bits per heavy atom. The van der Waals surface area contributed by atoms with Gasteiger partial charge in [-0.1, -0.05) is 31.0 Å². The molecule has 0 aliphatic heterocycles. The summed E-state index contributed by atoms with van der Waals surface area (Å²) in [5, 5.41) is 3.50. The fraction of sp³-hybridized carbons (Fsp3) is 0.533. The Hall–Kier alpha value is -1.51. The maximum Gasteiger partial charge on any atom is 0.302 e. The van der Waals surface area contributed by atoms with Crippen LogP contribution in [-0.2, 0) is 9.53 Å². The zero-order valence-corrected chi connectivity index (χ0v) is 10.9. The van der Waals surface area contributed by atoms with Gasteiger partial charge in [0.1, 0.15) is 6.10 Å². The van der Waals surface area contributed by atoms with E-state index in [1.807, 2.05) is 18.2 Å². The minimum absolute atomic E-state index is 0.00482. The van der Waals surface area contributed by atoms with E-state index in [-0.39, 0.29) is 18.1 Å². The van der Waals surface area contributed by atoms with Gasteiger partial charge in [-0.25, -0.2) is 0 Å². The number of ether oxygens (including phenoxy) is 1. The van der Waals surface area contributed by atoms with Gasteiger partial charge >= 0.3 is 5.97 Å². The van der Waals surface area contributed by atoms with Crippen molar-refractivity contribution in [1.82, 2.24) is 0 Å². The summed E-state index contributed by atoms with van der Waals surface area (Å²) in [6, 6.07) is 10.4. The highest BCUT2D eigenvalue weighted by Gasteiger charge is 2.25. The molecule has 0 unspecified atom stereocenters. The molecule has 1 fully saturated rings. The van der Waals surface area contributed by atoms with Gasteiger partial charge in [-0.05, 0) is 31.4 Å². The first kappa shape index (κ1) is 12.9. The van der Waals surface area contributed by atoms with Crippen LogP contribution in [-0.4, -0.2) is 18.1 Å². The van der Waals surface area contributed by atoms with Crippen LogP contribution in [0.1, 0.15) is 39.0 Å². The van der Waals surface area contributed by atoms with Crippen LogP contribution in [0.15, 0.2) is 30.3 Å². The average Bonchev–Trinajstić information content (AvgIpc) is 2.56. The second-order valence-electron chi connectivity index (χ2n) is 4.90. The maximum atomic E-state index is 11.2. The van der Waals surface area contributed by atoms with Crippen molar-refractivity contribution >= 4 is 11.7 Å². The van der Waals surface area contributed by atoms with Crippen molar-refractivity contribution in [3.8, 4) is 0 Å². The van der Waals surface area contributed by atoms with Crippen molar-refractivity contribution in [2.75, 3.05) is 5.32 Å². The molecule has 1 aromatic rings. The molecule has 1 saturated carbocycles. The van der Waals surface area contributed by atoms with E-state index in [4.69, 9.17) is 4.74 Å². The number of para-hydroxylation sites is 1. The minimum Gasteiger partial charge on any atom is -0.460 e. The van der Waals surface area contributed by atoms with E-state index in [1.54, 1.807) is 0 Å². The van der Waals surface area contributed by atoms with E-state index in [0.29, 0.717) is 0 Å². The van der Waals surface area contributed by atoms with Gasteiger partial charge in [-0.15, -0.1) is 0 Å². The monoisotopic (exact) mass is 247 g/mol. The van der Waals surface area contributed by atoms with Gasteiger partial charge in [0.05, 0.1) is 6.04 Å². The maximum absolute atomic E-state index is 11.2. The van der Waals surface area contributed by atoms with Crippen molar-refractivity contribution in [3.05, 3.63) is 30.3 Å². The molecule has 1 aliphatic carbocycles. The zero-order chi connectivity index (χ0) is 12.8. The number of anilines is 1. The minimum atomic E-state index is -0.179. The Labute approximate surface area is 109 Å². The summed E-state index contributed by atoms with van der Waals surface area (Å²) in [6.45, 7) is 1.49. The Kier molecular flexibility index (Phi) is 4.62. The third-order valence-electron chi connectivity index (χ3n) is 3.40. The first-order valence-electron chi connectivity index (χ1n) is 6.74. The lowest BCUT2D eigenvalue weighted by atomic mass is 10.1. The summed E-state index contributed by atoms with van der Waals surface area (Å²) in [5.41, 5.74) is 1.10. The Bertz CT molecular complexity index is 377. The van der Waals surface area contributed by atoms with E-state index in [1.165, 1.54) is 19.8 Å². The molecule has 0 bridgehead atoms. The molecule has 0 heterocycles. The van der Waals surface area contributed by atoms with Crippen molar-refractivity contribution < 1.29 is 9.53 Å². The van der Waals surface area contributed by atoms with Gasteiger partial charge in [0.25, 0.3) is 0 Å². The van der Waals surface area contributed by atoms with Crippen LogP contribution >= 0.6 is 0 Å². The van der Waals surface area contributed by atoms with Crippen LogP contribution < -0.4 is 5.32 Å². The number of nitrogens with one attached hydrogen (secondary N) is 1. The lowest BCUT2D eigenvalue weighted by Gasteiger charge is -2.26. The van der Waals surface area contributed by atoms with Crippen molar-refractivity contribution in [2.24, 2.45) is 0 Å². The van der Waals surface area contributed by atoms with Crippen LogP contribution in [0.5, 0.6) is 0 Å². The number of carbonyl (C=O) groups excluding carboxylic acids is 1. The van der Waals surface area contributed by atoms with Crippen molar-refractivity contribution in [3.63, 3.8) is 0 Å². The molecule has 98 valence electrons. The molecular formula is C15H21NO2. The highest BCUT2D eigenvalue weighted by atomic mass is 16.5. The molecule has 0 radical (unpaired) electrons. The fourth-order valence-corrected chi connectivity index (χ4v) is 2.54. The standard InChI is InChI=1S/C15H21NO2/c1-12(17)18-15-11-7-3-6-10-14(15)16-13-8-4-2-5-9-13/h2,4-5,8-9,14-16H,3,6-7,10-11H2,1H3/t14-,15-/m1/s1. The fourth-order valence-electron chi connectivity index (χ4n) is 2.54. The zero-order valence-electron chi connectivity index (χ0n) is 10.9. The van der Waals surface area contributed by atoms with Crippen LogP contribution in [0.2, 0.25) is 0 Å². The smallest absolute Gasteiger partial charge is 0.302 e. The second kappa shape index (κ2) is 6.43. The summed E-state index contributed by atoms with van der Waals surface area (Å²) in [5.74, 6) is -0.179. The van der Waals surface area contributed by atoms with Crippen LogP contribution in [0.3, 0.4) is 0 Å². The van der Waals surface area contributed by atoms with E-state index < -0.39 is 0 Å². The number of hydrogen-bond acceptors (Lipinski definition) is 3. The molecule has 0 spiro atoms. The molecule has 0 aromatic heterocycles. The lowest BCUT2D eigenvalue weighted by Crippen LogP contribution is -2.36. The summed E-state index contributed by atoms with van der Waals surface area (Å²) >= 11 is 0. The third-order valence-corrected chi connectivity index (χ3v) is 3.40. The van der Waals surface area contributed by atoms with E-state index in [2.05, 4.69) is 17.4 Å². The largest absolute Gasteiger partial charge is 0.460 e. The number of benzene rings is 1. The summed E-state index contributed by atoms with van der Waals surface area (Å²) < 4.78 is 5.45. The van der Waals surface area contributed by atoms with Gasteiger partial charge in [-0.2, -0.15) is 0 Å². The molecule has 3 nitrogen and oxygen atoms in total. The Morgan fingerprint density at radius 1 is 1.17 bits per heavy atom. The highest BCUT2D eigenvalue weighted by molar-refractivity contribution is 5.66. The molecule has 1 aliphatic rings. The van der Waals surface area contributed by atoms with Crippen LogP contribution in [0, 0.1) is 0 Å². The Morgan fingerprint density at radius 3 is 2.61 bits per heavy atom. The Balaban J connectivity index is 2.03. The number of esters is 1. The number of carbonyl (C=O) groups is 1. The molecule has 2 rings (SSSR count). The SMILES string of the molecule is CC(=O)O[C@@H]1CCCCC[C@H]1Nc1ccccc1. The lowest BCUT2D eigenvalue weighted by molar-refractivity contribution is -0.147. The number of hydrogen-bond donors (Lipinski definition) is 1. The molecule has 1 N–H and O–H groups in total. The second-order valence-corrected chi connectivity index (χ2v) is 4.90. The molecule has 0 saturated heterocycles. The molecule has 1 aromatic carbocycles. The van der Waals surface area contributed by atoms with E-state index in [9.17, 15) is 4.79 Å². The topological polar surface area (TPSA) is 38.3 Å². The average molecular weight is 247 g/mol.